The van der Waals surface area contributed by atoms with E-state index in [0.717, 1.165) is 15.6 Å². The highest BCUT2D eigenvalue weighted by molar-refractivity contribution is 9.10. The van der Waals surface area contributed by atoms with Gasteiger partial charge in [0, 0.05) is 16.1 Å². The van der Waals surface area contributed by atoms with E-state index in [9.17, 15) is 4.39 Å². The van der Waals surface area contributed by atoms with Crippen molar-refractivity contribution in [3.63, 3.8) is 0 Å². The molecule has 4 heteroatoms. The third-order valence-corrected chi connectivity index (χ3v) is 3.26. The van der Waals surface area contributed by atoms with Crippen molar-refractivity contribution in [2.75, 3.05) is 0 Å². The Bertz CT molecular complexity index is 599. The van der Waals surface area contributed by atoms with Gasteiger partial charge in [0.2, 0.25) is 0 Å². The van der Waals surface area contributed by atoms with E-state index in [1.807, 2.05) is 26.0 Å². The number of nitrogens with two attached hydrogens (primary N) is 1. The summed E-state index contributed by atoms with van der Waals surface area (Å²) >= 11 is 3.39. The van der Waals surface area contributed by atoms with Gasteiger partial charge >= 0.3 is 0 Å². The van der Waals surface area contributed by atoms with Crippen LogP contribution >= 0.6 is 15.9 Å². The fourth-order valence-electron chi connectivity index (χ4n) is 1.78. The maximum atomic E-state index is 13.7. The smallest absolute Gasteiger partial charge is 0.165 e. The molecule has 0 aliphatic rings. The molecule has 2 aromatic carbocycles. The number of aryl methyl sites for hydroxylation is 1. The van der Waals surface area contributed by atoms with Gasteiger partial charge in [-0.15, -0.1) is 0 Å². The Morgan fingerprint density at radius 1 is 1.16 bits per heavy atom. The number of rotatable bonds is 3. The average Bonchev–Trinajstić information content (AvgIpc) is 2.35. The maximum Gasteiger partial charge on any atom is 0.165 e. The molecular formula is C15H15BrFNO. The lowest BCUT2D eigenvalue weighted by Gasteiger charge is -2.15. The Kier molecular flexibility index (Phi) is 4.22. The normalized spacial score (nSPS) is 12.3. The second-order valence-corrected chi connectivity index (χ2v) is 5.42. The molecule has 0 aliphatic carbocycles. The van der Waals surface area contributed by atoms with Crippen molar-refractivity contribution in [2.24, 2.45) is 5.73 Å². The van der Waals surface area contributed by atoms with E-state index >= 15 is 0 Å². The summed E-state index contributed by atoms with van der Waals surface area (Å²) in [5.41, 5.74) is 7.68. The lowest BCUT2D eigenvalue weighted by atomic mass is 10.1. The molecule has 2 N–H and O–H groups in total. The predicted octanol–water partition coefficient (Wildman–Crippen LogP) is 4.71. The van der Waals surface area contributed by atoms with Gasteiger partial charge in [-0.1, -0.05) is 22.0 Å². The molecule has 0 spiro atoms. The van der Waals surface area contributed by atoms with Crippen molar-refractivity contribution in [1.29, 1.82) is 0 Å². The number of hydrogen-bond acceptors (Lipinski definition) is 2. The third kappa shape index (κ3) is 3.33. The Morgan fingerprint density at radius 2 is 1.89 bits per heavy atom. The topological polar surface area (TPSA) is 35.2 Å². The molecule has 2 rings (SSSR count). The fourth-order valence-corrected chi connectivity index (χ4v) is 2.15. The monoisotopic (exact) mass is 323 g/mol. The number of hydrogen-bond donors (Lipinski definition) is 1. The molecule has 1 atom stereocenters. The second-order valence-electron chi connectivity index (χ2n) is 4.51. The van der Waals surface area contributed by atoms with Crippen LogP contribution in [0.25, 0.3) is 0 Å². The molecule has 0 aliphatic heterocycles. The van der Waals surface area contributed by atoms with Crippen molar-refractivity contribution in [1.82, 2.24) is 0 Å². The van der Waals surface area contributed by atoms with Crippen molar-refractivity contribution in [3.05, 3.63) is 57.8 Å². The van der Waals surface area contributed by atoms with Crippen molar-refractivity contribution in [3.8, 4) is 11.5 Å². The first kappa shape index (κ1) is 14.0. The van der Waals surface area contributed by atoms with Gasteiger partial charge in [-0.2, -0.15) is 0 Å². The van der Waals surface area contributed by atoms with E-state index in [4.69, 9.17) is 10.5 Å². The van der Waals surface area contributed by atoms with E-state index in [0.29, 0.717) is 5.75 Å². The predicted molar refractivity (Wildman–Crippen MR) is 78.0 cm³/mol. The van der Waals surface area contributed by atoms with Crippen LogP contribution in [0.3, 0.4) is 0 Å². The second kappa shape index (κ2) is 5.72. The summed E-state index contributed by atoms with van der Waals surface area (Å²) in [6.07, 6.45) is 0. The van der Waals surface area contributed by atoms with E-state index in [2.05, 4.69) is 15.9 Å². The van der Waals surface area contributed by atoms with Gasteiger partial charge in [0.1, 0.15) is 5.75 Å². The van der Waals surface area contributed by atoms with Crippen LogP contribution < -0.4 is 10.5 Å². The van der Waals surface area contributed by atoms with Gasteiger partial charge in [-0.25, -0.2) is 4.39 Å². The molecule has 0 radical (unpaired) electrons. The van der Waals surface area contributed by atoms with Gasteiger partial charge in [0.15, 0.2) is 11.6 Å². The van der Waals surface area contributed by atoms with Crippen LogP contribution in [0.2, 0.25) is 0 Å². The van der Waals surface area contributed by atoms with Gasteiger partial charge < -0.3 is 10.5 Å². The molecule has 0 aromatic heterocycles. The molecule has 19 heavy (non-hydrogen) atoms. The highest BCUT2D eigenvalue weighted by Gasteiger charge is 2.12. The van der Waals surface area contributed by atoms with Gasteiger partial charge in [0.25, 0.3) is 0 Å². The van der Waals surface area contributed by atoms with Crippen LogP contribution in [-0.4, -0.2) is 0 Å². The number of ether oxygens (including phenoxy) is 1. The lowest BCUT2D eigenvalue weighted by Crippen LogP contribution is -2.07. The summed E-state index contributed by atoms with van der Waals surface area (Å²) in [4.78, 5) is 0. The van der Waals surface area contributed by atoms with Crippen LogP contribution in [-0.2, 0) is 0 Å². The van der Waals surface area contributed by atoms with Gasteiger partial charge in [-0.3, -0.25) is 0 Å². The van der Waals surface area contributed by atoms with Crippen molar-refractivity contribution in [2.45, 2.75) is 19.9 Å². The van der Waals surface area contributed by atoms with E-state index in [-0.39, 0.29) is 17.6 Å². The minimum Gasteiger partial charge on any atom is -0.454 e. The zero-order valence-corrected chi connectivity index (χ0v) is 12.4. The molecule has 0 heterocycles. The zero-order valence-electron chi connectivity index (χ0n) is 10.8. The molecule has 0 amide bonds. The largest absolute Gasteiger partial charge is 0.454 e. The maximum absolute atomic E-state index is 13.7. The number of benzene rings is 2. The first-order chi connectivity index (χ1) is 8.97. The molecule has 0 saturated heterocycles. The number of halogens is 2. The summed E-state index contributed by atoms with van der Waals surface area (Å²) in [5.74, 6) is 0.399. The standard InChI is InChI=1S/C15H15BrFNO/c1-9-3-5-13(17)15(7-9)19-14-6-4-11(16)8-12(14)10(2)18/h3-8,10H,18H2,1-2H3. The van der Waals surface area contributed by atoms with Gasteiger partial charge in [-0.05, 0) is 49.7 Å². The Hall–Kier alpha value is -1.39. The third-order valence-electron chi connectivity index (χ3n) is 2.77. The first-order valence-electron chi connectivity index (χ1n) is 5.96. The SMILES string of the molecule is Cc1ccc(F)c(Oc2ccc(Br)cc2C(C)N)c1. The highest BCUT2D eigenvalue weighted by Crippen LogP contribution is 2.32. The van der Waals surface area contributed by atoms with Crippen molar-refractivity contribution < 1.29 is 9.13 Å². The summed E-state index contributed by atoms with van der Waals surface area (Å²) < 4.78 is 20.3. The molecule has 1 unspecified atom stereocenters. The molecule has 2 nitrogen and oxygen atoms in total. The molecule has 2 aromatic rings. The molecular weight excluding hydrogens is 309 g/mol. The van der Waals surface area contributed by atoms with E-state index in [1.165, 1.54) is 6.07 Å². The minimum absolute atomic E-state index is 0.194. The van der Waals surface area contributed by atoms with Crippen molar-refractivity contribution >= 4 is 15.9 Å². The molecule has 100 valence electrons. The van der Waals surface area contributed by atoms with Crippen LogP contribution in [0, 0.1) is 12.7 Å². The minimum atomic E-state index is -0.385. The van der Waals surface area contributed by atoms with E-state index < -0.39 is 0 Å². The van der Waals surface area contributed by atoms with Crippen LogP contribution in [0.4, 0.5) is 4.39 Å². The summed E-state index contributed by atoms with van der Waals surface area (Å²) in [6, 6.07) is 10.1. The van der Waals surface area contributed by atoms with Crippen LogP contribution in [0.5, 0.6) is 11.5 Å². The Labute approximate surface area is 120 Å². The zero-order chi connectivity index (χ0) is 14.0. The molecule has 0 bridgehead atoms. The van der Waals surface area contributed by atoms with E-state index in [1.54, 1.807) is 18.2 Å². The summed E-state index contributed by atoms with van der Waals surface area (Å²) in [6.45, 7) is 3.75. The van der Waals surface area contributed by atoms with Gasteiger partial charge in [0.05, 0.1) is 0 Å². The average molecular weight is 324 g/mol. The first-order valence-corrected chi connectivity index (χ1v) is 6.75. The van der Waals surface area contributed by atoms with Crippen LogP contribution in [0.1, 0.15) is 24.1 Å². The Balaban J connectivity index is 2.40. The fraction of sp³-hybridized carbons (Fsp3) is 0.200. The molecule has 0 fully saturated rings. The molecule has 0 saturated carbocycles. The summed E-state index contributed by atoms with van der Waals surface area (Å²) in [7, 11) is 0. The Morgan fingerprint density at radius 3 is 2.58 bits per heavy atom. The van der Waals surface area contributed by atoms with Crippen LogP contribution in [0.15, 0.2) is 40.9 Å². The summed E-state index contributed by atoms with van der Waals surface area (Å²) in [5, 5.41) is 0. The highest BCUT2D eigenvalue weighted by atomic mass is 79.9. The lowest BCUT2D eigenvalue weighted by molar-refractivity contribution is 0.434. The quantitative estimate of drug-likeness (QED) is 0.887.